The number of esters is 1. The van der Waals surface area contributed by atoms with Crippen molar-refractivity contribution in [1.82, 2.24) is 0 Å². The minimum atomic E-state index is -0.387. The van der Waals surface area contributed by atoms with Crippen LogP contribution in [0, 0.1) is 0 Å². The lowest BCUT2D eigenvalue weighted by atomic mass is 10.3. The van der Waals surface area contributed by atoms with Crippen LogP contribution in [0.1, 0.15) is 16.1 Å². The molecule has 0 radical (unpaired) electrons. The molecule has 13 heavy (non-hydrogen) atoms. The van der Waals surface area contributed by atoms with E-state index in [-0.39, 0.29) is 18.4 Å². The quantitative estimate of drug-likeness (QED) is 0.748. The number of methoxy groups -OCH3 is 1. The van der Waals surface area contributed by atoms with Crippen molar-refractivity contribution in [2.45, 2.75) is 6.42 Å². The van der Waals surface area contributed by atoms with Gasteiger partial charge < -0.3 is 14.9 Å². The second-order valence-corrected chi connectivity index (χ2v) is 2.33. The van der Waals surface area contributed by atoms with Crippen molar-refractivity contribution in [2.75, 3.05) is 13.7 Å². The topological polar surface area (TPSA) is 65.5 Å². The molecule has 0 unspecified atom stereocenters. The fourth-order valence-electron chi connectivity index (χ4n) is 0.879. The van der Waals surface area contributed by atoms with Crippen LogP contribution in [-0.2, 0) is 11.2 Å². The third-order valence-electron chi connectivity index (χ3n) is 1.47. The number of furan rings is 1. The van der Waals surface area contributed by atoms with Gasteiger partial charge in [-0.1, -0.05) is 0 Å². The van der Waals surface area contributed by atoms with Gasteiger partial charge in [0.05, 0.1) is 12.7 Å². The summed E-state index contributed by atoms with van der Waals surface area (Å²) in [6, 6.07) is 1.64. The highest BCUT2D eigenvalue weighted by molar-refractivity contribution is 5.88. The Morgan fingerprint density at radius 3 is 2.92 bits per heavy atom. The maximum absolute atomic E-state index is 10.9. The van der Waals surface area contributed by atoms with Crippen LogP contribution < -0.4 is 5.73 Å². The second kappa shape index (κ2) is 5.61. The van der Waals surface area contributed by atoms with Gasteiger partial charge in [-0.2, -0.15) is 0 Å². The average Bonchev–Trinajstić information content (AvgIpc) is 2.52. The van der Waals surface area contributed by atoms with Gasteiger partial charge in [-0.05, 0) is 12.6 Å². The fourth-order valence-corrected chi connectivity index (χ4v) is 0.879. The van der Waals surface area contributed by atoms with Crippen LogP contribution in [0.4, 0.5) is 0 Å². The van der Waals surface area contributed by atoms with E-state index in [1.165, 1.54) is 13.4 Å². The second-order valence-electron chi connectivity index (χ2n) is 2.33. The zero-order valence-corrected chi connectivity index (χ0v) is 8.10. The molecule has 1 aromatic rings. The molecule has 0 amide bonds. The van der Waals surface area contributed by atoms with Gasteiger partial charge in [-0.3, -0.25) is 0 Å². The van der Waals surface area contributed by atoms with Crippen molar-refractivity contribution in [3.8, 4) is 0 Å². The van der Waals surface area contributed by atoms with E-state index in [0.717, 1.165) is 0 Å². The largest absolute Gasteiger partial charge is 0.468 e. The Morgan fingerprint density at radius 1 is 1.69 bits per heavy atom. The van der Waals surface area contributed by atoms with Crippen molar-refractivity contribution < 1.29 is 13.9 Å². The van der Waals surface area contributed by atoms with Gasteiger partial charge in [0.1, 0.15) is 12.0 Å². The molecule has 5 heteroatoms. The lowest BCUT2D eigenvalue weighted by Crippen LogP contribution is -2.02. The maximum atomic E-state index is 10.9. The predicted octanol–water partition coefficient (Wildman–Crippen LogP) is 0.989. The summed E-state index contributed by atoms with van der Waals surface area (Å²) in [5.41, 5.74) is 5.73. The SMILES string of the molecule is COC(=O)c1coc(CCN)c1.Cl. The molecule has 0 fully saturated rings. The number of rotatable bonds is 3. The molecule has 0 spiro atoms. The van der Waals surface area contributed by atoms with E-state index >= 15 is 0 Å². The molecule has 0 aliphatic carbocycles. The van der Waals surface area contributed by atoms with E-state index in [0.29, 0.717) is 24.3 Å². The summed E-state index contributed by atoms with van der Waals surface area (Å²) in [5.74, 6) is 0.319. The van der Waals surface area contributed by atoms with Crippen LogP contribution in [0.5, 0.6) is 0 Å². The highest BCUT2D eigenvalue weighted by atomic mass is 35.5. The first-order valence-corrected chi connectivity index (χ1v) is 3.63. The molecule has 1 aromatic heterocycles. The first-order valence-electron chi connectivity index (χ1n) is 3.63. The lowest BCUT2D eigenvalue weighted by Gasteiger charge is -1.90. The molecule has 0 atom stereocenters. The maximum Gasteiger partial charge on any atom is 0.341 e. The molecule has 0 aromatic carbocycles. The van der Waals surface area contributed by atoms with Gasteiger partial charge in [0.2, 0.25) is 0 Å². The van der Waals surface area contributed by atoms with Gasteiger partial charge in [0.25, 0.3) is 0 Å². The third-order valence-corrected chi connectivity index (χ3v) is 1.47. The standard InChI is InChI=1S/C8H11NO3.ClH/c1-11-8(10)6-4-7(2-3-9)12-5-6;/h4-5H,2-3,9H2,1H3;1H. The summed E-state index contributed by atoms with van der Waals surface area (Å²) in [4.78, 5) is 10.9. The molecular formula is C8H12ClNO3. The number of ether oxygens (including phenoxy) is 1. The van der Waals surface area contributed by atoms with Gasteiger partial charge in [0.15, 0.2) is 0 Å². The Bertz CT molecular complexity index is 272. The number of nitrogens with two attached hydrogens (primary N) is 1. The summed E-state index contributed by atoms with van der Waals surface area (Å²) in [5, 5.41) is 0. The van der Waals surface area contributed by atoms with Crippen LogP contribution in [0.2, 0.25) is 0 Å². The number of carbonyl (C=O) groups excluding carboxylic acids is 1. The van der Waals surface area contributed by atoms with Crippen LogP contribution in [-0.4, -0.2) is 19.6 Å². The number of hydrogen-bond acceptors (Lipinski definition) is 4. The summed E-state index contributed by atoms with van der Waals surface area (Å²) in [7, 11) is 1.33. The van der Waals surface area contributed by atoms with Crippen LogP contribution in [0.25, 0.3) is 0 Å². The zero-order valence-electron chi connectivity index (χ0n) is 7.28. The van der Waals surface area contributed by atoms with Crippen molar-refractivity contribution in [3.05, 3.63) is 23.7 Å². The van der Waals surface area contributed by atoms with E-state index < -0.39 is 0 Å². The van der Waals surface area contributed by atoms with E-state index in [9.17, 15) is 4.79 Å². The lowest BCUT2D eigenvalue weighted by molar-refractivity contribution is 0.0600. The first kappa shape index (κ1) is 12.0. The average molecular weight is 206 g/mol. The normalized spacial score (nSPS) is 9.08. The van der Waals surface area contributed by atoms with Crippen LogP contribution in [0.3, 0.4) is 0 Å². The van der Waals surface area contributed by atoms with Gasteiger partial charge in [-0.15, -0.1) is 12.4 Å². The van der Waals surface area contributed by atoms with Crippen LogP contribution >= 0.6 is 12.4 Å². The van der Waals surface area contributed by atoms with Crippen LogP contribution in [0.15, 0.2) is 16.7 Å². The predicted molar refractivity (Wildman–Crippen MR) is 50.1 cm³/mol. The number of halogens is 1. The zero-order chi connectivity index (χ0) is 8.97. The van der Waals surface area contributed by atoms with E-state index in [1.807, 2.05) is 0 Å². The minimum absolute atomic E-state index is 0. The molecule has 1 rings (SSSR count). The molecular weight excluding hydrogens is 194 g/mol. The number of hydrogen-bond donors (Lipinski definition) is 1. The molecule has 4 nitrogen and oxygen atoms in total. The van der Waals surface area contributed by atoms with Crippen molar-refractivity contribution in [1.29, 1.82) is 0 Å². The molecule has 1 heterocycles. The fraction of sp³-hybridized carbons (Fsp3) is 0.375. The summed E-state index contributed by atoms with van der Waals surface area (Å²) in [6.45, 7) is 0.508. The Balaban J connectivity index is 0.00000144. The third kappa shape index (κ3) is 3.08. The molecule has 0 saturated carbocycles. The van der Waals surface area contributed by atoms with Gasteiger partial charge in [0, 0.05) is 6.42 Å². The molecule has 0 saturated heterocycles. The molecule has 0 bridgehead atoms. The highest BCUT2D eigenvalue weighted by Gasteiger charge is 2.08. The van der Waals surface area contributed by atoms with E-state index in [1.54, 1.807) is 6.07 Å². The van der Waals surface area contributed by atoms with Crippen molar-refractivity contribution in [3.63, 3.8) is 0 Å². The van der Waals surface area contributed by atoms with E-state index in [2.05, 4.69) is 4.74 Å². The Morgan fingerprint density at radius 2 is 2.38 bits per heavy atom. The summed E-state index contributed by atoms with van der Waals surface area (Å²) in [6.07, 6.45) is 2.01. The molecule has 2 N–H and O–H groups in total. The molecule has 74 valence electrons. The van der Waals surface area contributed by atoms with Crippen molar-refractivity contribution >= 4 is 18.4 Å². The highest BCUT2D eigenvalue weighted by Crippen LogP contribution is 2.08. The first-order chi connectivity index (χ1) is 5.77. The molecule has 0 aliphatic rings. The summed E-state index contributed by atoms with van der Waals surface area (Å²) < 4.78 is 9.54. The Kier molecular flexibility index (Phi) is 5.18. The monoisotopic (exact) mass is 205 g/mol. The van der Waals surface area contributed by atoms with Gasteiger partial charge >= 0.3 is 5.97 Å². The van der Waals surface area contributed by atoms with Gasteiger partial charge in [-0.25, -0.2) is 4.79 Å². The molecule has 0 aliphatic heterocycles. The smallest absolute Gasteiger partial charge is 0.341 e. The van der Waals surface area contributed by atoms with Crippen molar-refractivity contribution in [2.24, 2.45) is 5.73 Å². The Hall–Kier alpha value is -1.00. The Labute approximate surface area is 82.5 Å². The van der Waals surface area contributed by atoms with E-state index in [4.69, 9.17) is 10.2 Å². The number of carbonyl (C=O) groups is 1. The summed E-state index contributed by atoms with van der Waals surface area (Å²) >= 11 is 0. The minimum Gasteiger partial charge on any atom is -0.468 e.